The molecule has 49 heavy (non-hydrogen) atoms. The molecule has 0 atom stereocenters. The number of ether oxygens (including phenoxy) is 3. The Bertz CT molecular complexity index is 1380. The number of nitrogens with zero attached hydrogens (tertiary/aromatic N) is 4. The van der Waals surface area contributed by atoms with Gasteiger partial charge in [0.1, 0.15) is 23.0 Å². The number of pyridine rings is 4. The Morgan fingerprint density at radius 1 is 0.571 bits per heavy atom. The molecule has 0 saturated heterocycles. The van der Waals surface area contributed by atoms with Crippen LogP contribution in [0.5, 0.6) is 23.0 Å². The molecule has 270 valence electrons. The minimum Gasteiger partial charge on any atom is -0.506 e. The Kier molecular flexibility index (Phi) is 18.1. The third-order valence-electron chi connectivity index (χ3n) is 4.93. The zero-order valence-corrected chi connectivity index (χ0v) is 27.4. The zero-order chi connectivity index (χ0) is 37.1. The van der Waals surface area contributed by atoms with Crippen LogP contribution in [0, 0.1) is 13.8 Å². The zero-order valence-electron chi connectivity index (χ0n) is 25.8. The molecule has 0 aliphatic carbocycles. The average Bonchev–Trinajstić information content (AvgIpc) is 3.04. The highest BCUT2D eigenvalue weighted by Gasteiger charge is 2.29. The van der Waals surface area contributed by atoms with Crippen molar-refractivity contribution in [3.05, 3.63) is 96.1 Å². The third kappa shape index (κ3) is 22.8. The second kappa shape index (κ2) is 20.9. The molecule has 4 heterocycles. The van der Waals surface area contributed by atoms with Gasteiger partial charge >= 0.3 is 18.5 Å². The lowest BCUT2D eigenvalue weighted by atomic mass is 10.3. The van der Waals surface area contributed by atoms with E-state index >= 15 is 0 Å². The molecule has 0 fully saturated rings. The Labute approximate surface area is 283 Å². The van der Waals surface area contributed by atoms with Gasteiger partial charge in [-0.2, -0.15) is 39.5 Å². The molecule has 4 aromatic heterocycles. The Hall–Kier alpha value is -4.39. The first-order chi connectivity index (χ1) is 22.8. The lowest BCUT2D eigenvalue weighted by molar-refractivity contribution is -0.154. The highest BCUT2D eigenvalue weighted by Crippen LogP contribution is 2.20. The molecule has 0 radical (unpaired) electrons. The number of nitrogens with two attached hydrogens (primary N) is 1. The van der Waals surface area contributed by atoms with Crippen LogP contribution >= 0.6 is 15.9 Å². The number of aryl methyl sites for hydroxylation is 2. The lowest BCUT2D eigenvalue weighted by Crippen LogP contribution is -2.19. The van der Waals surface area contributed by atoms with Gasteiger partial charge in [0, 0.05) is 23.3 Å². The summed E-state index contributed by atoms with van der Waals surface area (Å²) in [6.07, 6.45) is -7.77. The first-order valence-corrected chi connectivity index (χ1v) is 14.7. The summed E-state index contributed by atoms with van der Waals surface area (Å²) in [5.41, 5.74) is 8.26. The summed E-state index contributed by atoms with van der Waals surface area (Å²) in [6, 6.07) is 12.4. The molecule has 9 nitrogen and oxygen atoms in total. The summed E-state index contributed by atoms with van der Waals surface area (Å²) >= 11 is 3.17. The molecule has 0 bridgehead atoms. The monoisotopic (exact) mass is 775 g/mol. The highest BCUT2D eigenvalue weighted by molar-refractivity contribution is 9.08. The van der Waals surface area contributed by atoms with Crippen LogP contribution in [0.15, 0.2) is 73.3 Å². The van der Waals surface area contributed by atoms with Crippen LogP contribution in [0.2, 0.25) is 0 Å². The van der Waals surface area contributed by atoms with E-state index in [9.17, 15) is 39.5 Å². The Morgan fingerprint density at radius 2 is 0.939 bits per heavy atom. The molecule has 4 rings (SSSR count). The summed E-state index contributed by atoms with van der Waals surface area (Å²) in [7, 11) is 0. The fraction of sp³-hybridized carbons (Fsp3) is 0.333. The van der Waals surface area contributed by atoms with Gasteiger partial charge < -0.3 is 25.1 Å². The van der Waals surface area contributed by atoms with Crippen molar-refractivity contribution >= 4 is 15.9 Å². The van der Waals surface area contributed by atoms with E-state index in [1.54, 1.807) is 31.2 Å². The Morgan fingerprint density at radius 3 is 1.20 bits per heavy atom. The second-order valence-corrected chi connectivity index (χ2v) is 9.87. The lowest BCUT2D eigenvalue weighted by Gasteiger charge is -2.08. The molecule has 0 aromatic carbocycles. The number of halogens is 10. The van der Waals surface area contributed by atoms with Gasteiger partial charge in [-0.3, -0.25) is 19.9 Å². The van der Waals surface area contributed by atoms with Gasteiger partial charge in [-0.25, -0.2) is 0 Å². The predicted molar refractivity (Wildman–Crippen MR) is 163 cm³/mol. The van der Waals surface area contributed by atoms with Crippen LogP contribution in [0.3, 0.4) is 0 Å². The molecule has 3 N–H and O–H groups in total. The van der Waals surface area contributed by atoms with Gasteiger partial charge in [0.05, 0.1) is 36.2 Å². The van der Waals surface area contributed by atoms with Crippen molar-refractivity contribution in [3.8, 4) is 23.0 Å². The molecule has 0 unspecified atom stereocenters. The molecule has 19 heteroatoms. The van der Waals surface area contributed by atoms with Crippen LogP contribution in [-0.2, 0) is 11.9 Å². The normalized spacial score (nSPS) is 11.0. The number of aromatic hydroxyl groups is 1. The fourth-order valence-electron chi connectivity index (χ4n) is 2.69. The number of hydrogen-bond donors (Lipinski definition) is 2. The topological polar surface area (TPSA) is 126 Å². The quantitative estimate of drug-likeness (QED) is 0.136. The fourth-order valence-corrected chi connectivity index (χ4v) is 3.02. The SMILES string of the molecule is Cc1ccc(O)cn1.Cc1ccc(OCC(F)(F)F)cn1.FC(F)(F)COc1ccc(CBr)nc1.NCc1ccc(OCC(F)(F)F)cn1. The summed E-state index contributed by atoms with van der Waals surface area (Å²) in [5, 5.41) is 9.26. The largest absolute Gasteiger partial charge is 0.506 e. The molecular formula is C30H31BrF9N5O4. The van der Waals surface area contributed by atoms with Crippen molar-refractivity contribution < 1.29 is 58.8 Å². The van der Waals surface area contributed by atoms with Gasteiger partial charge in [0.25, 0.3) is 0 Å². The van der Waals surface area contributed by atoms with E-state index in [1.807, 2.05) is 6.92 Å². The molecule has 0 aliphatic heterocycles. The first kappa shape index (κ1) is 42.6. The van der Waals surface area contributed by atoms with E-state index in [0.717, 1.165) is 17.1 Å². The van der Waals surface area contributed by atoms with E-state index < -0.39 is 38.3 Å². The van der Waals surface area contributed by atoms with E-state index in [2.05, 4.69) is 50.1 Å². The standard InChI is InChI=1S/C8H7BrF3NO.C8H9F3N2O.C8H8F3NO.C6H7NO/c9-3-6-1-2-7(4-13-6)14-5-8(10,11)12;9-8(10,11)5-14-7-2-1-6(3-12)13-4-7;1-6-2-3-7(4-12-6)13-5-8(9,10)11;1-5-2-3-6(8)4-7-5/h1-2,4H,3,5H2;1-2,4H,3,5,12H2;2-4H,5H2,1H3;2-4,8H,1H3. The van der Waals surface area contributed by atoms with Crippen molar-refractivity contribution in [1.82, 2.24) is 19.9 Å². The van der Waals surface area contributed by atoms with Crippen molar-refractivity contribution in [1.29, 1.82) is 0 Å². The molecule has 0 aliphatic rings. The maximum absolute atomic E-state index is 11.7. The van der Waals surface area contributed by atoms with E-state index in [4.69, 9.17) is 10.8 Å². The highest BCUT2D eigenvalue weighted by atomic mass is 79.9. The summed E-state index contributed by atoms with van der Waals surface area (Å²) in [5.74, 6) is 0.546. The maximum atomic E-state index is 11.7. The van der Waals surface area contributed by atoms with Crippen molar-refractivity contribution in [2.24, 2.45) is 5.73 Å². The summed E-state index contributed by atoms with van der Waals surface area (Å²) < 4.78 is 119. The number of rotatable bonds is 8. The van der Waals surface area contributed by atoms with Crippen LogP contribution < -0.4 is 19.9 Å². The number of aromatic nitrogens is 4. The van der Waals surface area contributed by atoms with Gasteiger partial charge in [-0.15, -0.1) is 0 Å². The predicted octanol–water partition coefficient (Wildman–Crippen LogP) is 7.83. The second-order valence-electron chi connectivity index (χ2n) is 9.31. The van der Waals surface area contributed by atoms with Crippen molar-refractivity contribution in [2.45, 2.75) is 44.3 Å². The van der Waals surface area contributed by atoms with Crippen LogP contribution in [0.25, 0.3) is 0 Å². The molecule has 4 aromatic rings. The molecule has 0 spiro atoms. The van der Waals surface area contributed by atoms with Crippen LogP contribution in [-0.4, -0.2) is 63.4 Å². The summed E-state index contributed by atoms with van der Waals surface area (Å²) in [6.45, 7) is -0.0107. The molecular weight excluding hydrogens is 745 g/mol. The minimum absolute atomic E-state index is 0.0829. The van der Waals surface area contributed by atoms with E-state index in [-0.39, 0.29) is 29.5 Å². The molecule has 0 amide bonds. The Balaban J connectivity index is 0.000000332. The van der Waals surface area contributed by atoms with Gasteiger partial charge in [0.2, 0.25) is 0 Å². The van der Waals surface area contributed by atoms with Crippen molar-refractivity contribution in [2.75, 3.05) is 19.8 Å². The van der Waals surface area contributed by atoms with E-state index in [0.29, 0.717) is 11.0 Å². The van der Waals surface area contributed by atoms with E-state index in [1.165, 1.54) is 49.1 Å². The smallest absolute Gasteiger partial charge is 0.422 e. The maximum Gasteiger partial charge on any atom is 0.422 e. The minimum atomic E-state index is -4.33. The summed E-state index contributed by atoms with van der Waals surface area (Å²) in [4.78, 5) is 15.3. The van der Waals surface area contributed by atoms with Gasteiger partial charge in [-0.05, 0) is 62.4 Å². The molecule has 0 saturated carbocycles. The van der Waals surface area contributed by atoms with Gasteiger partial charge in [-0.1, -0.05) is 15.9 Å². The van der Waals surface area contributed by atoms with Crippen LogP contribution in [0.1, 0.15) is 22.8 Å². The number of alkyl halides is 10. The first-order valence-electron chi connectivity index (χ1n) is 13.6. The van der Waals surface area contributed by atoms with Gasteiger partial charge in [0.15, 0.2) is 19.8 Å². The number of hydrogen-bond acceptors (Lipinski definition) is 9. The average molecular weight is 776 g/mol. The van der Waals surface area contributed by atoms with Crippen LogP contribution in [0.4, 0.5) is 39.5 Å². The third-order valence-corrected chi connectivity index (χ3v) is 5.50. The van der Waals surface area contributed by atoms with Crippen molar-refractivity contribution in [3.63, 3.8) is 0 Å².